The van der Waals surface area contributed by atoms with Crippen molar-refractivity contribution in [2.45, 2.75) is 336 Å². The third-order valence-corrected chi connectivity index (χ3v) is 16.4. The lowest BCUT2D eigenvalue weighted by atomic mass is 9.98. The molecule has 0 aromatic heterocycles. The average Bonchev–Trinajstić information content (AvgIpc) is 3.68. The molecule has 0 radical (unpaired) electrons. The average molecular weight is 1190 g/mol. The molecule has 12 N–H and O–H groups in total. The van der Waals surface area contributed by atoms with Crippen molar-refractivity contribution in [1.29, 1.82) is 0 Å². The van der Waals surface area contributed by atoms with Crippen molar-refractivity contribution in [2.24, 2.45) is 0 Å². The lowest BCUT2D eigenvalue weighted by Gasteiger charge is -2.44. The molecule has 0 aromatic rings. The van der Waals surface area contributed by atoms with E-state index >= 15 is 0 Å². The molecule has 0 bridgehead atoms. The summed E-state index contributed by atoms with van der Waals surface area (Å²) in [6, 6.07) is -0.995. The zero-order valence-corrected chi connectivity index (χ0v) is 50.9. The van der Waals surface area contributed by atoms with Crippen LogP contribution in [-0.4, -0.2) is 193 Å². The molecule has 0 aliphatic carbocycles. The second kappa shape index (κ2) is 47.1. The van der Waals surface area contributed by atoms with Gasteiger partial charge in [-0.15, -0.1) is 0 Å². The molecule has 3 fully saturated rings. The summed E-state index contributed by atoms with van der Waals surface area (Å²) < 4.78 is 34.0. The molecule has 17 atom stereocenters. The van der Waals surface area contributed by atoms with Crippen molar-refractivity contribution in [3.05, 3.63) is 36.5 Å². The molecule has 3 rings (SSSR count). The van der Waals surface area contributed by atoms with Gasteiger partial charge in [0.25, 0.3) is 0 Å². The number of ether oxygens (including phenoxy) is 6. The summed E-state index contributed by atoms with van der Waals surface area (Å²) in [5.74, 6) is -0.288. The minimum absolute atomic E-state index is 0.235. The monoisotopic (exact) mass is 1190 g/mol. The Kier molecular flexibility index (Phi) is 42.7. The summed E-state index contributed by atoms with van der Waals surface area (Å²) in [7, 11) is 0. The Morgan fingerprint density at radius 3 is 1.19 bits per heavy atom. The summed E-state index contributed by atoms with van der Waals surface area (Å²) in [5.41, 5.74) is 0. The highest BCUT2D eigenvalue weighted by atomic mass is 16.7. The number of unbranched alkanes of at least 4 members (excludes halogenated alkanes) is 29. The quantitative estimate of drug-likeness (QED) is 0.0211. The highest BCUT2D eigenvalue weighted by Crippen LogP contribution is 2.29. The van der Waals surface area contributed by atoms with Gasteiger partial charge in [-0.2, -0.15) is 0 Å². The van der Waals surface area contributed by atoms with E-state index in [4.69, 9.17) is 28.4 Å². The van der Waals surface area contributed by atoms with Crippen LogP contribution in [0, 0.1) is 0 Å². The number of aliphatic hydroxyl groups excluding tert-OH is 11. The maximum atomic E-state index is 13.4. The van der Waals surface area contributed by atoms with E-state index in [1.165, 1.54) is 161 Å². The summed E-state index contributed by atoms with van der Waals surface area (Å²) in [5, 5.41) is 119. The van der Waals surface area contributed by atoms with E-state index in [1.807, 2.05) is 6.08 Å². The van der Waals surface area contributed by atoms with Crippen LogP contribution >= 0.6 is 0 Å². The number of carbonyl (C=O) groups is 1. The van der Waals surface area contributed by atoms with Crippen LogP contribution in [0.25, 0.3) is 0 Å². The Balaban J connectivity index is 1.47. The molecular weight excluding hydrogens is 1070 g/mol. The smallest absolute Gasteiger partial charge is 0.220 e. The van der Waals surface area contributed by atoms with Crippen molar-refractivity contribution >= 4 is 5.91 Å². The van der Waals surface area contributed by atoms with Crippen LogP contribution in [0.15, 0.2) is 36.5 Å². The predicted octanol–water partition coefficient (Wildman–Crippen LogP) is 7.27. The maximum absolute atomic E-state index is 13.4. The molecule has 3 aliphatic heterocycles. The van der Waals surface area contributed by atoms with Crippen LogP contribution < -0.4 is 5.32 Å². The first-order valence-electron chi connectivity index (χ1n) is 32.7. The number of nitrogens with one attached hydrogen (secondary N) is 1. The number of rotatable bonds is 49. The van der Waals surface area contributed by atoms with Crippen molar-refractivity contribution in [3.63, 3.8) is 0 Å². The van der Waals surface area contributed by atoms with Crippen LogP contribution in [0.1, 0.15) is 232 Å². The number of hydrogen-bond acceptors (Lipinski definition) is 18. The van der Waals surface area contributed by atoms with Gasteiger partial charge < -0.3 is 89.9 Å². The molecule has 1 amide bonds. The van der Waals surface area contributed by atoms with Crippen molar-refractivity contribution in [3.8, 4) is 0 Å². The van der Waals surface area contributed by atoms with Gasteiger partial charge in [-0.25, -0.2) is 0 Å². The van der Waals surface area contributed by atoms with E-state index in [0.717, 1.165) is 38.5 Å². The number of allylic oxidation sites excluding steroid dienone is 5. The lowest BCUT2D eigenvalue weighted by Crippen LogP contribution is -2.63. The number of amides is 1. The summed E-state index contributed by atoms with van der Waals surface area (Å²) >= 11 is 0. The molecule has 0 aromatic carbocycles. The first-order valence-corrected chi connectivity index (χ1v) is 32.7. The Labute approximate surface area is 498 Å². The Morgan fingerprint density at radius 1 is 0.422 bits per heavy atom. The number of carbonyl (C=O) groups excluding carboxylic acids is 1. The minimum atomic E-state index is -1.86. The third kappa shape index (κ3) is 31.2. The number of hydrogen-bond donors (Lipinski definition) is 12. The molecule has 3 aliphatic rings. The van der Waals surface area contributed by atoms with Gasteiger partial charge in [0.2, 0.25) is 5.91 Å². The first kappa shape index (κ1) is 75.3. The molecule has 19 heteroatoms. The third-order valence-electron chi connectivity index (χ3n) is 16.4. The second-order valence-electron chi connectivity index (χ2n) is 23.7. The van der Waals surface area contributed by atoms with Crippen LogP contribution in [0.4, 0.5) is 0 Å². The van der Waals surface area contributed by atoms with Crippen molar-refractivity contribution < 1.29 is 89.4 Å². The Hall–Kier alpha value is -1.99. The molecular formula is C64H117NO18. The normalized spacial score (nSPS) is 29.6. The van der Waals surface area contributed by atoms with Gasteiger partial charge in [0, 0.05) is 6.42 Å². The topological polar surface area (TPSA) is 307 Å². The Morgan fingerprint density at radius 2 is 0.771 bits per heavy atom. The zero-order chi connectivity index (χ0) is 60.5. The van der Waals surface area contributed by atoms with Crippen LogP contribution in [0.5, 0.6) is 0 Å². The fourth-order valence-electron chi connectivity index (χ4n) is 10.9. The molecule has 3 saturated heterocycles. The van der Waals surface area contributed by atoms with Gasteiger partial charge in [0.15, 0.2) is 18.9 Å². The van der Waals surface area contributed by atoms with Gasteiger partial charge in [-0.05, 0) is 38.5 Å². The van der Waals surface area contributed by atoms with Gasteiger partial charge in [-0.1, -0.05) is 224 Å². The molecule has 83 heavy (non-hydrogen) atoms. The standard InChI is InChI=1S/C64H117NO18/c1-3-5-7-9-11-13-15-17-19-21-22-23-24-26-28-30-32-34-36-38-40-42-52(68)65-47(48(67)41-39-37-35-33-31-29-27-25-20-18-16-14-12-10-8-6-4-2)44-78-62-60(76)57(73)54(70)50(82-62)46-80-64-61(77)58(74)55(71)51(83-64)45-79-63-59(75)56(72)53(69)49(43-66)81-63/h25,27,31,33,39,41,47-51,53-64,66-67,69-77H,3-24,26,28-30,32,34-38,40,42-46H2,1-2H3,(H,65,68)/b27-25-,33-31-,41-39+/t47-,48+,49+,50+,51+,53-,54-,55-,56-,57-,58-,59+,60+,61+,62+,63-,64-/m0/s1. The van der Waals surface area contributed by atoms with Gasteiger partial charge >= 0.3 is 0 Å². The van der Waals surface area contributed by atoms with Gasteiger partial charge in [0.05, 0.1) is 38.6 Å². The highest BCUT2D eigenvalue weighted by molar-refractivity contribution is 5.76. The van der Waals surface area contributed by atoms with Crippen LogP contribution in [0.2, 0.25) is 0 Å². The van der Waals surface area contributed by atoms with Crippen molar-refractivity contribution in [2.75, 3.05) is 26.4 Å². The van der Waals surface area contributed by atoms with E-state index in [0.29, 0.717) is 12.8 Å². The van der Waals surface area contributed by atoms with Crippen molar-refractivity contribution in [1.82, 2.24) is 5.32 Å². The van der Waals surface area contributed by atoms with E-state index in [1.54, 1.807) is 6.08 Å². The zero-order valence-electron chi connectivity index (χ0n) is 50.9. The number of aliphatic hydroxyl groups is 11. The summed E-state index contributed by atoms with van der Waals surface area (Å²) in [6.07, 6.45) is 26.2. The molecule has 0 spiro atoms. The fourth-order valence-corrected chi connectivity index (χ4v) is 10.9. The molecule has 3 heterocycles. The van der Waals surface area contributed by atoms with Crippen LogP contribution in [-0.2, 0) is 33.2 Å². The SMILES string of the molecule is CCCCCCCCCC/C=C\C/C=C\CC/C=C/[C@@H](O)[C@H](CO[C@@H]1O[C@H](CO[C@H]2O[C@H](CO[C@H]3O[C@H](CO)[C@H](O)[C@H](O)[C@H]3O)[C@H](O)[C@H](O)[C@H]2O)[C@H](O)[C@H](O)[C@H]1O)NC(=O)CCCCCCCCCCCCCCCCCCCCCCC. The molecule has 0 saturated carbocycles. The molecule has 486 valence electrons. The lowest BCUT2D eigenvalue weighted by molar-refractivity contribution is -0.342. The molecule has 0 unspecified atom stereocenters. The highest BCUT2D eigenvalue weighted by Gasteiger charge is 2.49. The largest absolute Gasteiger partial charge is 0.394 e. The van der Waals surface area contributed by atoms with E-state index in [9.17, 15) is 61.0 Å². The van der Waals surface area contributed by atoms with E-state index < -0.39 is 124 Å². The van der Waals surface area contributed by atoms with Crippen LogP contribution in [0.3, 0.4) is 0 Å². The fraction of sp³-hybridized carbons (Fsp3) is 0.891. The second-order valence-corrected chi connectivity index (χ2v) is 23.7. The molecule has 19 nitrogen and oxygen atoms in total. The van der Waals surface area contributed by atoms with Gasteiger partial charge in [0.1, 0.15) is 73.2 Å². The predicted molar refractivity (Wildman–Crippen MR) is 319 cm³/mol. The Bertz CT molecular complexity index is 1660. The van der Waals surface area contributed by atoms with Gasteiger partial charge in [-0.3, -0.25) is 4.79 Å². The maximum Gasteiger partial charge on any atom is 0.220 e. The van der Waals surface area contributed by atoms with E-state index in [2.05, 4.69) is 43.5 Å². The van der Waals surface area contributed by atoms with E-state index in [-0.39, 0.29) is 18.9 Å². The summed E-state index contributed by atoms with van der Waals surface area (Å²) in [6.45, 7) is 2.19. The summed E-state index contributed by atoms with van der Waals surface area (Å²) in [4.78, 5) is 13.4. The first-order chi connectivity index (χ1) is 40.2. The minimum Gasteiger partial charge on any atom is -0.394 e.